The molecule has 0 radical (unpaired) electrons. The lowest BCUT2D eigenvalue weighted by atomic mass is 10.1. The molecule has 1 heterocycles. The number of aromatic nitrogens is 2. The lowest BCUT2D eigenvalue weighted by Crippen LogP contribution is -2.37. The Labute approximate surface area is 146 Å². The van der Waals surface area contributed by atoms with E-state index >= 15 is 0 Å². The van der Waals surface area contributed by atoms with Gasteiger partial charge in [-0.2, -0.15) is 0 Å². The molecule has 0 spiro atoms. The zero-order chi connectivity index (χ0) is 17.6. The molecule has 0 aliphatic carbocycles. The SMILES string of the molecule is COc1ccc(C(=O)C[n+]2ccc(-c3ccccc3)nc2)c(OC)c1. The molecule has 126 valence electrons. The van der Waals surface area contributed by atoms with Gasteiger partial charge >= 0.3 is 0 Å². The predicted octanol–water partition coefficient (Wildman–Crippen LogP) is 2.94. The molecule has 0 amide bonds. The Hall–Kier alpha value is -3.21. The number of Topliss-reactive ketones (excluding diaryl/α,β-unsaturated/α-hetero) is 1. The van der Waals surface area contributed by atoms with Gasteiger partial charge < -0.3 is 9.47 Å². The summed E-state index contributed by atoms with van der Waals surface area (Å²) in [6.07, 6.45) is 3.51. The summed E-state index contributed by atoms with van der Waals surface area (Å²) in [4.78, 5) is 17.0. The Morgan fingerprint density at radius 3 is 2.48 bits per heavy atom. The van der Waals surface area contributed by atoms with Gasteiger partial charge in [0, 0.05) is 17.7 Å². The molecule has 0 aliphatic heterocycles. The fourth-order valence-electron chi connectivity index (χ4n) is 2.54. The van der Waals surface area contributed by atoms with Crippen LogP contribution in [0.2, 0.25) is 0 Å². The zero-order valence-corrected chi connectivity index (χ0v) is 14.2. The summed E-state index contributed by atoms with van der Waals surface area (Å²) in [5, 5.41) is 0. The van der Waals surface area contributed by atoms with Crippen molar-refractivity contribution in [2.24, 2.45) is 0 Å². The maximum absolute atomic E-state index is 12.6. The molecule has 3 rings (SSSR count). The van der Waals surface area contributed by atoms with E-state index in [-0.39, 0.29) is 12.3 Å². The average molecular weight is 335 g/mol. The van der Waals surface area contributed by atoms with E-state index in [0.29, 0.717) is 17.1 Å². The van der Waals surface area contributed by atoms with E-state index in [2.05, 4.69) is 4.98 Å². The molecular formula is C20H19N2O3+. The number of carbonyl (C=O) groups excluding carboxylic acids is 1. The molecular weight excluding hydrogens is 316 g/mol. The van der Waals surface area contributed by atoms with Crippen LogP contribution in [0.5, 0.6) is 11.5 Å². The Morgan fingerprint density at radius 1 is 1.04 bits per heavy atom. The van der Waals surface area contributed by atoms with Crippen LogP contribution in [0.25, 0.3) is 11.3 Å². The van der Waals surface area contributed by atoms with E-state index in [0.717, 1.165) is 11.3 Å². The Balaban J connectivity index is 1.77. The van der Waals surface area contributed by atoms with Gasteiger partial charge in [0.15, 0.2) is 12.2 Å². The number of rotatable bonds is 6. The molecule has 0 aliphatic rings. The van der Waals surface area contributed by atoms with Crippen LogP contribution in [0.15, 0.2) is 67.1 Å². The minimum atomic E-state index is -0.0567. The first-order valence-electron chi connectivity index (χ1n) is 7.87. The van der Waals surface area contributed by atoms with Crippen LogP contribution in [0.3, 0.4) is 0 Å². The molecule has 3 aromatic rings. The second-order valence-corrected chi connectivity index (χ2v) is 5.47. The van der Waals surface area contributed by atoms with Gasteiger partial charge in [-0.05, 0) is 17.1 Å². The number of hydrogen-bond acceptors (Lipinski definition) is 4. The highest BCUT2D eigenvalue weighted by molar-refractivity contribution is 5.97. The molecule has 1 aromatic heterocycles. The van der Waals surface area contributed by atoms with Gasteiger partial charge in [0.05, 0.1) is 26.0 Å². The van der Waals surface area contributed by atoms with Crippen LogP contribution < -0.4 is 14.0 Å². The molecule has 0 saturated carbocycles. The van der Waals surface area contributed by atoms with Crippen LogP contribution >= 0.6 is 0 Å². The number of methoxy groups -OCH3 is 2. The Morgan fingerprint density at radius 2 is 1.84 bits per heavy atom. The van der Waals surface area contributed by atoms with Gasteiger partial charge in [-0.15, -0.1) is 0 Å². The van der Waals surface area contributed by atoms with Crippen LogP contribution in [-0.2, 0) is 6.54 Å². The van der Waals surface area contributed by atoms with Crippen molar-refractivity contribution in [1.29, 1.82) is 0 Å². The molecule has 2 aromatic carbocycles. The van der Waals surface area contributed by atoms with Crippen molar-refractivity contribution in [3.05, 3.63) is 72.7 Å². The average Bonchev–Trinajstić information content (AvgIpc) is 2.68. The van der Waals surface area contributed by atoms with Crippen molar-refractivity contribution in [3.8, 4) is 22.8 Å². The fraction of sp³-hybridized carbons (Fsp3) is 0.150. The highest BCUT2D eigenvalue weighted by atomic mass is 16.5. The maximum atomic E-state index is 12.6. The van der Waals surface area contributed by atoms with Crippen LogP contribution in [0.4, 0.5) is 0 Å². The monoisotopic (exact) mass is 335 g/mol. The zero-order valence-electron chi connectivity index (χ0n) is 14.2. The Bertz CT molecular complexity index is 862. The van der Waals surface area contributed by atoms with Crippen molar-refractivity contribution < 1.29 is 18.8 Å². The summed E-state index contributed by atoms with van der Waals surface area (Å²) in [7, 11) is 3.11. The Kier molecular flexibility index (Phi) is 5.04. The highest BCUT2D eigenvalue weighted by Crippen LogP contribution is 2.25. The van der Waals surface area contributed by atoms with Crippen LogP contribution in [0, 0.1) is 0 Å². The molecule has 5 nitrogen and oxygen atoms in total. The number of hydrogen-bond donors (Lipinski definition) is 0. The van der Waals surface area contributed by atoms with Gasteiger partial charge in [-0.1, -0.05) is 30.3 Å². The maximum Gasteiger partial charge on any atom is 0.287 e. The molecule has 0 unspecified atom stereocenters. The second kappa shape index (κ2) is 7.57. The topological polar surface area (TPSA) is 52.3 Å². The summed E-state index contributed by atoms with van der Waals surface area (Å²) >= 11 is 0. The molecule has 0 atom stereocenters. The van der Waals surface area contributed by atoms with E-state index in [1.165, 1.54) is 7.11 Å². The quantitative estimate of drug-likeness (QED) is 0.513. The predicted molar refractivity (Wildman–Crippen MR) is 93.7 cm³/mol. The number of ether oxygens (including phenoxy) is 2. The number of nitrogens with zero attached hydrogens (tertiary/aromatic N) is 2. The van der Waals surface area contributed by atoms with Crippen molar-refractivity contribution in [2.45, 2.75) is 6.54 Å². The van der Waals surface area contributed by atoms with Gasteiger partial charge in [0.25, 0.3) is 6.33 Å². The first kappa shape index (κ1) is 16.6. The van der Waals surface area contributed by atoms with Crippen LogP contribution in [-0.4, -0.2) is 25.0 Å². The number of ketones is 1. The summed E-state index contributed by atoms with van der Waals surface area (Å²) in [6, 6.07) is 17.0. The summed E-state index contributed by atoms with van der Waals surface area (Å²) in [5.41, 5.74) is 2.42. The lowest BCUT2D eigenvalue weighted by Gasteiger charge is -2.09. The van der Waals surface area contributed by atoms with Crippen LogP contribution in [0.1, 0.15) is 10.4 Å². The first-order chi connectivity index (χ1) is 12.2. The minimum absolute atomic E-state index is 0.0567. The molecule has 25 heavy (non-hydrogen) atoms. The van der Waals surface area contributed by atoms with E-state index in [1.807, 2.05) is 42.6 Å². The molecule has 0 bridgehead atoms. The highest BCUT2D eigenvalue weighted by Gasteiger charge is 2.16. The van der Waals surface area contributed by atoms with Crippen molar-refractivity contribution in [1.82, 2.24) is 4.98 Å². The van der Waals surface area contributed by atoms with E-state index in [9.17, 15) is 4.79 Å². The lowest BCUT2D eigenvalue weighted by molar-refractivity contribution is -0.686. The number of carbonyl (C=O) groups is 1. The smallest absolute Gasteiger partial charge is 0.287 e. The third-order valence-corrected chi connectivity index (χ3v) is 3.87. The third kappa shape index (κ3) is 3.83. The van der Waals surface area contributed by atoms with E-state index < -0.39 is 0 Å². The summed E-state index contributed by atoms with van der Waals surface area (Å²) < 4.78 is 12.2. The van der Waals surface area contributed by atoms with Gasteiger partial charge in [-0.25, -0.2) is 4.57 Å². The van der Waals surface area contributed by atoms with E-state index in [1.54, 1.807) is 36.2 Å². The number of benzene rings is 2. The normalized spacial score (nSPS) is 10.3. The molecule has 0 fully saturated rings. The largest absolute Gasteiger partial charge is 0.497 e. The van der Waals surface area contributed by atoms with Gasteiger partial charge in [0.2, 0.25) is 5.78 Å². The summed E-state index contributed by atoms with van der Waals surface area (Å²) in [6.45, 7) is 0.185. The first-order valence-corrected chi connectivity index (χ1v) is 7.87. The summed E-state index contributed by atoms with van der Waals surface area (Å²) in [5.74, 6) is 1.09. The minimum Gasteiger partial charge on any atom is -0.497 e. The van der Waals surface area contributed by atoms with Gasteiger partial charge in [-0.3, -0.25) is 4.79 Å². The van der Waals surface area contributed by atoms with Crippen molar-refractivity contribution in [3.63, 3.8) is 0 Å². The molecule has 0 saturated heterocycles. The fourth-order valence-corrected chi connectivity index (χ4v) is 2.54. The third-order valence-electron chi connectivity index (χ3n) is 3.87. The van der Waals surface area contributed by atoms with Crippen molar-refractivity contribution >= 4 is 5.78 Å². The van der Waals surface area contributed by atoms with E-state index in [4.69, 9.17) is 9.47 Å². The molecule has 0 N–H and O–H groups in total. The van der Waals surface area contributed by atoms with Crippen molar-refractivity contribution in [2.75, 3.05) is 14.2 Å². The van der Waals surface area contributed by atoms with Gasteiger partial charge in [0.1, 0.15) is 11.5 Å². The molecule has 5 heteroatoms. The standard InChI is InChI=1S/C20H19N2O3/c1-24-16-8-9-17(20(12-16)25-2)19(23)13-22-11-10-18(21-14-22)15-6-4-3-5-7-15/h3-12,14H,13H2,1-2H3/q+1. The second-order valence-electron chi connectivity index (χ2n) is 5.47.